The third kappa shape index (κ3) is 4.06. The second kappa shape index (κ2) is 7.40. The Balaban J connectivity index is 0.00000220. The zero-order valence-corrected chi connectivity index (χ0v) is 13.9. The summed E-state index contributed by atoms with van der Waals surface area (Å²) in [6.45, 7) is 2.94. The molecule has 1 saturated heterocycles. The second-order valence-electron chi connectivity index (χ2n) is 5.16. The summed E-state index contributed by atoms with van der Waals surface area (Å²) in [4.78, 5) is 4.16. The van der Waals surface area contributed by atoms with E-state index in [1.165, 1.54) is 23.7 Å². The van der Waals surface area contributed by atoms with Crippen LogP contribution in [0.25, 0.3) is 0 Å². The number of aromatic nitrogens is 1. The third-order valence-electron chi connectivity index (χ3n) is 3.72. The molecule has 120 valence electrons. The molecule has 1 aliphatic rings. The fourth-order valence-electron chi connectivity index (χ4n) is 2.41. The molecule has 0 spiro atoms. The minimum atomic E-state index is -3.49. The average Bonchev–Trinajstić information content (AvgIpc) is 2.47. The molecule has 0 saturated carbocycles. The van der Waals surface area contributed by atoms with E-state index in [2.05, 4.69) is 4.98 Å². The molecule has 2 heterocycles. The van der Waals surface area contributed by atoms with Crippen molar-refractivity contribution < 1.29 is 13.2 Å². The van der Waals surface area contributed by atoms with Crippen LogP contribution in [0.3, 0.4) is 0 Å². The van der Waals surface area contributed by atoms with Gasteiger partial charge in [0, 0.05) is 25.2 Å². The number of rotatable bonds is 4. The van der Waals surface area contributed by atoms with Gasteiger partial charge in [-0.25, -0.2) is 13.4 Å². The van der Waals surface area contributed by atoms with E-state index in [9.17, 15) is 8.42 Å². The van der Waals surface area contributed by atoms with E-state index in [1.807, 2.05) is 6.92 Å². The van der Waals surface area contributed by atoms with Crippen LogP contribution < -0.4 is 10.5 Å². The van der Waals surface area contributed by atoms with Crippen molar-refractivity contribution in [3.8, 4) is 5.88 Å². The lowest BCUT2D eigenvalue weighted by Crippen LogP contribution is -2.44. The summed E-state index contributed by atoms with van der Waals surface area (Å²) >= 11 is 0. The summed E-state index contributed by atoms with van der Waals surface area (Å²) in [5, 5.41) is 0. The number of nitrogens with two attached hydrogens (primary N) is 1. The monoisotopic (exact) mass is 335 g/mol. The van der Waals surface area contributed by atoms with Crippen LogP contribution in [0.2, 0.25) is 0 Å². The Morgan fingerprint density at radius 1 is 1.48 bits per heavy atom. The Kier molecular flexibility index (Phi) is 6.40. The first kappa shape index (κ1) is 18.2. The largest absolute Gasteiger partial charge is 0.481 e. The van der Waals surface area contributed by atoms with Gasteiger partial charge in [-0.15, -0.1) is 12.4 Å². The molecule has 0 aromatic carbocycles. The first-order chi connectivity index (χ1) is 9.45. The van der Waals surface area contributed by atoms with Gasteiger partial charge in [0.2, 0.25) is 15.9 Å². The van der Waals surface area contributed by atoms with E-state index in [1.54, 1.807) is 6.07 Å². The lowest BCUT2D eigenvalue weighted by molar-refractivity contribution is 0.243. The minimum absolute atomic E-state index is 0. The number of ether oxygens (including phenoxy) is 1. The molecule has 0 bridgehead atoms. The van der Waals surface area contributed by atoms with Crippen molar-refractivity contribution in [3.05, 3.63) is 18.3 Å². The van der Waals surface area contributed by atoms with Crippen LogP contribution in [0.1, 0.15) is 19.8 Å². The lowest BCUT2D eigenvalue weighted by Gasteiger charge is -2.33. The van der Waals surface area contributed by atoms with Crippen LogP contribution >= 0.6 is 12.4 Å². The summed E-state index contributed by atoms with van der Waals surface area (Å²) in [6.07, 6.45) is 3.16. The van der Waals surface area contributed by atoms with Gasteiger partial charge in [-0.2, -0.15) is 4.31 Å². The van der Waals surface area contributed by atoms with E-state index in [0.717, 1.165) is 12.8 Å². The molecule has 1 aromatic rings. The number of hydrogen-bond donors (Lipinski definition) is 1. The number of pyridine rings is 1. The highest BCUT2D eigenvalue weighted by molar-refractivity contribution is 7.89. The predicted molar refractivity (Wildman–Crippen MR) is 83.2 cm³/mol. The lowest BCUT2D eigenvalue weighted by atomic mass is 9.93. The number of halogens is 1. The molecule has 2 rings (SSSR count). The molecule has 1 aromatic heterocycles. The van der Waals surface area contributed by atoms with E-state index < -0.39 is 10.0 Å². The molecule has 1 fully saturated rings. The number of piperidine rings is 1. The fourth-order valence-corrected chi connectivity index (χ4v) is 3.89. The van der Waals surface area contributed by atoms with Gasteiger partial charge in [-0.1, -0.05) is 0 Å². The van der Waals surface area contributed by atoms with E-state index in [-0.39, 0.29) is 29.3 Å². The third-order valence-corrected chi connectivity index (χ3v) is 5.57. The van der Waals surface area contributed by atoms with Crippen LogP contribution in [0.4, 0.5) is 0 Å². The molecular formula is C13H22ClN3O3S. The maximum atomic E-state index is 12.6. The van der Waals surface area contributed by atoms with Gasteiger partial charge >= 0.3 is 0 Å². The van der Waals surface area contributed by atoms with Crippen molar-refractivity contribution in [2.75, 3.05) is 20.2 Å². The van der Waals surface area contributed by atoms with Crippen LogP contribution in [0.15, 0.2) is 23.2 Å². The summed E-state index contributed by atoms with van der Waals surface area (Å²) < 4.78 is 31.6. The SMILES string of the molecule is COc1ccc(S(=O)(=O)N2CCCC(C(C)N)C2)cn1.Cl. The number of methoxy groups -OCH3 is 1. The second-order valence-corrected chi connectivity index (χ2v) is 7.10. The van der Waals surface area contributed by atoms with Gasteiger partial charge in [-0.05, 0) is 31.7 Å². The molecule has 21 heavy (non-hydrogen) atoms. The molecule has 2 atom stereocenters. The highest BCUT2D eigenvalue weighted by Gasteiger charge is 2.31. The highest BCUT2D eigenvalue weighted by Crippen LogP contribution is 2.25. The van der Waals surface area contributed by atoms with Crippen LogP contribution in [-0.2, 0) is 10.0 Å². The Hall–Kier alpha value is -0.890. The summed E-state index contributed by atoms with van der Waals surface area (Å²) in [5.74, 6) is 0.612. The maximum absolute atomic E-state index is 12.6. The van der Waals surface area contributed by atoms with Crippen molar-refractivity contribution in [1.82, 2.24) is 9.29 Å². The van der Waals surface area contributed by atoms with E-state index in [4.69, 9.17) is 10.5 Å². The van der Waals surface area contributed by atoms with Gasteiger partial charge in [0.25, 0.3) is 0 Å². The van der Waals surface area contributed by atoms with Gasteiger partial charge in [0.05, 0.1) is 13.3 Å². The molecule has 0 radical (unpaired) electrons. The Labute approximate surface area is 132 Å². The molecule has 0 aliphatic carbocycles. The Morgan fingerprint density at radius 2 is 2.19 bits per heavy atom. The maximum Gasteiger partial charge on any atom is 0.244 e. The van der Waals surface area contributed by atoms with Crippen molar-refractivity contribution in [1.29, 1.82) is 0 Å². The van der Waals surface area contributed by atoms with Crippen molar-refractivity contribution in [3.63, 3.8) is 0 Å². The Morgan fingerprint density at radius 3 is 2.71 bits per heavy atom. The highest BCUT2D eigenvalue weighted by atomic mass is 35.5. The van der Waals surface area contributed by atoms with Gasteiger partial charge in [0.15, 0.2) is 0 Å². The normalized spacial score (nSPS) is 21.4. The van der Waals surface area contributed by atoms with E-state index in [0.29, 0.717) is 19.0 Å². The molecule has 2 N–H and O–H groups in total. The fraction of sp³-hybridized carbons (Fsp3) is 0.615. The molecule has 8 heteroatoms. The summed E-state index contributed by atoms with van der Waals surface area (Å²) in [5.41, 5.74) is 5.90. The number of nitrogens with zero attached hydrogens (tertiary/aromatic N) is 2. The first-order valence-corrected chi connectivity index (χ1v) is 8.15. The predicted octanol–water partition coefficient (Wildman–Crippen LogP) is 1.26. The van der Waals surface area contributed by atoms with E-state index >= 15 is 0 Å². The number of hydrogen-bond acceptors (Lipinski definition) is 5. The summed E-state index contributed by atoms with van der Waals surface area (Å²) in [6, 6.07) is 3.08. The minimum Gasteiger partial charge on any atom is -0.481 e. The molecule has 1 aliphatic heterocycles. The first-order valence-electron chi connectivity index (χ1n) is 6.71. The smallest absolute Gasteiger partial charge is 0.244 e. The zero-order valence-electron chi connectivity index (χ0n) is 12.2. The van der Waals surface area contributed by atoms with Gasteiger partial charge < -0.3 is 10.5 Å². The van der Waals surface area contributed by atoms with Gasteiger partial charge in [0.1, 0.15) is 4.90 Å². The summed E-state index contributed by atoms with van der Waals surface area (Å²) in [7, 11) is -2.00. The van der Waals surface area contributed by atoms with Crippen molar-refractivity contribution >= 4 is 22.4 Å². The van der Waals surface area contributed by atoms with Crippen molar-refractivity contribution in [2.45, 2.75) is 30.7 Å². The van der Waals surface area contributed by atoms with Crippen LogP contribution in [-0.4, -0.2) is 43.9 Å². The molecule has 6 nitrogen and oxygen atoms in total. The standard InChI is InChI=1S/C13H21N3O3S.ClH/c1-10(14)11-4-3-7-16(9-11)20(17,18)12-5-6-13(19-2)15-8-12;/h5-6,8,10-11H,3-4,7,9,14H2,1-2H3;1H. The van der Waals surface area contributed by atoms with Crippen molar-refractivity contribution in [2.24, 2.45) is 11.7 Å². The van der Waals surface area contributed by atoms with Crippen LogP contribution in [0.5, 0.6) is 5.88 Å². The van der Waals surface area contributed by atoms with Gasteiger partial charge in [-0.3, -0.25) is 0 Å². The Bertz CT molecular complexity index is 548. The topological polar surface area (TPSA) is 85.5 Å². The molecular weight excluding hydrogens is 314 g/mol. The molecule has 2 unspecified atom stereocenters. The molecule has 0 amide bonds. The van der Waals surface area contributed by atoms with Crippen LogP contribution in [0, 0.1) is 5.92 Å². The zero-order chi connectivity index (χ0) is 14.8. The average molecular weight is 336 g/mol. The number of sulfonamides is 1. The quantitative estimate of drug-likeness (QED) is 0.895.